The van der Waals surface area contributed by atoms with Crippen LogP contribution in [-0.2, 0) is 0 Å². The standard InChI is InChI=1S/C8H10O2.C6H12O3/c9-6-7-10-8-4-2-1-3-5-8;7-4-2-1-3-5(8)6(4)9/h1-5,9H,6-7H2;4-9H,1-3H2. The Morgan fingerprint density at radius 3 is 2.05 bits per heavy atom. The minimum absolute atomic E-state index is 0.0644. The van der Waals surface area contributed by atoms with Crippen molar-refractivity contribution < 1.29 is 25.2 Å². The molecule has 2 rings (SSSR count). The number of rotatable bonds is 3. The minimum atomic E-state index is -0.918. The van der Waals surface area contributed by atoms with Crippen LogP contribution in [0.5, 0.6) is 5.75 Å². The Kier molecular flexibility index (Phi) is 7.43. The second-order valence-corrected chi connectivity index (χ2v) is 4.44. The zero-order valence-electron chi connectivity index (χ0n) is 10.9. The lowest BCUT2D eigenvalue weighted by Gasteiger charge is -2.27. The lowest BCUT2D eigenvalue weighted by molar-refractivity contribution is -0.0843. The highest BCUT2D eigenvalue weighted by Crippen LogP contribution is 2.18. The van der Waals surface area contributed by atoms with Gasteiger partial charge in [0, 0.05) is 0 Å². The van der Waals surface area contributed by atoms with Crippen molar-refractivity contribution in [2.24, 2.45) is 0 Å². The van der Waals surface area contributed by atoms with E-state index in [1.165, 1.54) is 0 Å². The van der Waals surface area contributed by atoms with Crippen LogP contribution in [-0.4, -0.2) is 52.0 Å². The molecule has 0 aromatic heterocycles. The molecule has 0 heterocycles. The minimum Gasteiger partial charge on any atom is -0.491 e. The van der Waals surface area contributed by atoms with Crippen LogP contribution in [0.3, 0.4) is 0 Å². The quantitative estimate of drug-likeness (QED) is 0.635. The van der Waals surface area contributed by atoms with Crippen molar-refractivity contribution in [3.63, 3.8) is 0 Å². The molecule has 4 N–H and O–H groups in total. The molecular weight excluding hydrogens is 248 g/mol. The second kappa shape index (κ2) is 8.87. The first-order valence-electron chi connectivity index (χ1n) is 6.48. The second-order valence-electron chi connectivity index (χ2n) is 4.44. The molecule has 2 atom stereocenters. The van der Waals surface area contributed by atoms with Gasteiger partial charge >= 0.3 is 0 Å². The third-order valence-electron chi connectivity index (χ3n) is 2.89. The van der Waals surface area contributed by atoms with Crippen molar-refractivity contribution in [1.82, 2.24) is 0 Å². The van der Waals surface area contributed by atoms with E-state index < -0.39 is 18.3 Å². The topological polar surface area (TPSA) is 90.2 Å². The number of para-hydroxylation sites is 1. The first-order chi connectivity index (χ1) is 9.15. The zero-order chi connectivity index (χ0) is 14.1. The molecule has 0 amide bonds. The van der Waals surface area contributed by atoms with Crippen molar-refractivity contribution in [3.05, 3.63) is 30.3 Å². The Bertz CT molecular complexity index is 320. The summed E-state index contributed by atoms with van der Waals surface area (Å²) in [5.74, 6) is 0.802. The molecular formula is C14H22O5. The van der Waals surface area contributed by atoms with E-state index in [1.54, 1.807) is 0 Å². The molecule has 2 unspecified atom stereocenters. The summed E-state index contributed by atoms with van der Waals surface area (Å²) in [5.41, 5.74) is 0. The van der Waals surface area contributed by atoms with Gasteiger partial charge in [-0.2, -0.15) is 0 Å². The summed E-state index contributed by atoms with van der Waals surface area (Å²) in [6, 6.07) is 9.43. The molecule has 1 aromatic carbocycles. The third-order valence-corrected chi connectivity index (χ3v) is 2.89. The molecule has 1 aliphatic rings. The number of ether oxygens (including phenoxy) is 1. The first-order valence-corrected chi connectivity index (χ1v) is 6.48. The molecule has 5 nitrogen and oxygen atoms in total. The van der Waals surface area contributed by atoms with Crippen molar-refractivity contribution in [2.45, 2.75) is 37.6 Å². The summed E-state index contributed by atoms with van der Waals surface area (Å²) in [5, 5.41) is 35.2. The van der Waals surface area contributed by atoms with Crippen LogP contribution in [0.1, 0.15) is 19.3 Å². The van der Waals surface area contributed by atoms with E-state index in [4.69, 9.17) is 25.2 Å². The van der Waals surface area contributed by atoms with Crippen LogP contribution in [0.15, 0.2) is 30.3 Å². The monoisotopic (exact) mass is 270 g/mol. The first kappa shape index (κ1) is 15.9. The van der Waals surface area contributed by atoms with Gasteiger partial charge in [-0.05, 0) is 31.4 Å². The number of hydrogen-bond donors (Lipinski definition) is 4. The van der Waals surface area contributed by atoms with Gasteiger partial charge in [0.1, 0.15) is 18.5 Å². The zero-order valence-corrected chi connectivity index (χ0v) is 10.9. The van der Waals surface area contributed by atoms with Gasteiger partial charge in [0.25, 0.3) is 0 Å². The van der Waals surface area contributed by atoms with Crippen molar-refractivity contribution >= 4 is 0 Å². The highest BCUT2D eigenvalue weighted by molar-refractivity contribution is 5.20. The fraction of sp³-hybridized carbons (Fsp3) is 0.571. The molecule has 1 saturated carbocycles. The summed E-state index contributed by atoms with van der Waals surface area (Å²) in [6.45, 7) is 0.429. The van der Waals surface area contributed by atoms with Gasteiger partial charge in [-0.25, -0.2) is 0 Å². The maximum absolute atomic E-state index is 8.95. The highest BCUT2D eigenvalue weighted by Gasteiger charge is 2.28. The summed E-state index contributed by atoms with van der Waals surface area (Å²) in [6.07, 6.45) is -0.322. The lowest BCUT2D eigenvalue weighted by Crippen LogP contribution is -2.40. The fourth-order valence-corrected chi connectivity index (χ4v) is 1.81. The SMILES string of the molecule is OC1CCCC(O)C1O.OCCOc1ccccc1. The molecule has 108 valence electrons. The largest absolute Gasteiger partial charge is 0.491 e. The van der Waals surface area contributed by atoms with Gasteiger partial charge in [-0.3, -0.25) is 0 Å². The number of benzene rings is 1. The summed E-state index contributed by atoms with van der Waals surface area (Å²) in [4.78, 5) is 0. The molecule has 0 spiro atoms. The average Bonchev–Trinajstić information content (AvgIpc) is 2.44. The Hall–Kier alpha value is -1.14. The predicted molar refractivity (Wildman–Crippen MR) is 70.9 cm³/mol. The smallest absolute Gasteiger partial charge is 0.119 e. The van der Waals surface area contributed by atoms with Crippen molar-refractivity contribution in [2.75, 3.05) is 13.2 Å². The normalized spacial score (nSPS) is 26.2. The predicted octanol–water partition coefficient (Wildman–Crippen LogP) is 0.311. The molecule has 19 heavy (non-hydrogen) atoms. The van der Waals surface area contributed by atoms with Crippen LogP contribution in [0, 0.1) is 0 Å². The van der Waals surface area contributed by atoms with Crippen molar-refractivity contribution in [1.29, 1.82) is 0 Å². The van der Waals surface area contributed by atoms with Crippen LogP contribution >= 0.6 is 0 Å². The Labute approximate surface area is 113 Å². The van der Waals surface area contributed by atoms with Gasteiger partial charge in [-0.1, -0.05) is 18.2 Å². The van der Waals surface area contributed by atoms with Gasteiger partial charge < -0.3 is 25.2 Å². The van der Waals surface area contributed by atoms with E-state index >= 15 is 0 Å². The van der Waals surface area contributed by atoms with Gasteiger partial charge in [0.05, 0.1) is 18.8 Å². The number of aliphatic hydroxyl groups excluding tert-OH is 4. The van der Waals surface area contributed by atoms with E-state index in [0.29, 0.717) is 19.4 Å². The molecule has 5 heteroatoms. The molecule has 0 aliphatic heterocycles. The highest BCUT2D eigenvalue weighted by atomic mass is 16.5. The Morgan fingerprint density at radius 1 is 1.00 bits per heavy atom. The maximum atomic E-state index is 8.95. The van der Waals surface area contributed by atoms with Gasteiger partial charge in [0.15, 0.2) is 0 Å². The Balaban J connectivity index is 0.000000191. The van der Waals surface area contributed by atoms with E-state index in [0.717, 1.165) is 12.2 Å². The Morgan fingerprint density at radius 2 is 1.58 bits per heavy atom. The summed E-state index contributed by atoms with van der Waals surface area (Å²) in [7, 11) is 0. The van der Waals surface area contributed by atoms with Gasteiger partial charge in [0.2, 0.25) is 0 Å². The average molecular weight is 270 g/mol. The van der Waals surface area contributed by atoms with E-state index in [2.05, 4.69) is 0 Å². The molecule has 0 saturated heterocycles. The molecule has 0 radical (unpaired) electrons. The van der Waals surface area contributed by atoms with Crippen LogP contribution in [0.4, 0.5) is 0 Å². The third kappa shape index (κ3) is 6.02. The van der Waals surface area contributed by atoms with E-state index in [-0.39, 0.29) is 6.61 Å². The molecule has 1 aliphatic carbocycles. The van der Waals surface area contributed by atoms with Crippen LogP contribution < -0.4 is 4.74 Å². The number of aliphatic hydroxyl groups is 4. The summed E-state index contributed by atoms with van der Waals surface area (Å²) >= 11 is 0. The van der Waals surface area contributed by atoms with Crippen LogP contribution in [0.2, 0.25) is 0 Å². The van der Waals surface area contributed by atoms with Crippen molar-refractivity contribution in [3.8, 4) is 5.75 Å². The molecule has 0 bridgehead atoms. The molecule has 1 fully saturated rings. The number of hydrogen-bond acceptors (Lipinski definition) is 5. The van der Waals surface area contributed by atoms with Gasteiger partial charge in [-0.15, -0.1) is 0 Å². The van der Waals surface area contributed by atoms with E-state index in [1.807, 2.05) is 30.3 Å². The fourth-order valence-electron chi connectivity index (χ4n) is 1.81. The molecule has 1 aromatic rings. The summed E-state index contributed by atoms with van der Waals surface area (Å²) < 4.78 is 5.11. The maximum Gasteiger partial charge on any atom is 0.119 e. The lowest BCUT2D eigenvalue weighted by atomic mass is 9.92. The van der Waals surface area contributed by atoms with Crippen LogP contribution in [0.25, 0.3) is 0 Å². The van der Waals surface area contributed by atoms with E-state index in [9.17, 15) is 0 Å².